The molecule has 1 unspecified atom stereocenters. The van der Waals surface area contributed by atoms with Crippen molar-refractivity contribution in [3.05, 3.63) is 53.4 Å². The number of carbonyl (C=O) groups is 1. The fraction of sp³-hybridized carbons (Fsp3) is 0.409. The summed E-state index contributed by atoms with van der Waals surface area (Å²) in [5, 5.41) is 19.3. The van der Waals surface area contributed by atoms with Gasteiger partial charge in [-0.3, -0.25) is 4.79 Å². The normalized spacial score (nSPS) is 23.1. The van der Waals surface area contributed by atoms with Crippen LogP contribution in [0.4, 0.5) is 14.7 Å². The Morgan fingerprint density at radius 3 is 2.58 bits per heavy atom. The summed E-state index contributed by atoms with van der Waals surface area (Å²) in [5.74, 6) is -0.588. The predicted molar refractivity (Wildman–Crippen MR) is 109 cm³/mol. The van der Waals surface area contributed by atoms with Gasteiger partial charge < -0.3 is 15.6 Å². The molecule has 31 heavy (non-hydrogen) atoms. The molecular weight excluding hydrogens is 402 g/mol. The highest BCUT2D eigenvalue weighted by Crippen LogP contribution is 2.42. The largest absolute Gasteiger partial charge is 0.349 e. The quantitative estimate of drug-likeness (QED) is 0.694. The third-order valence-corrected chi connectivity index (χ3v) is 6.12. The highest BCUT2D eigenvalue weighted by Gasteiger charge is 2.44. The van der Waals surface area contributed by atoms with Gasteiger partial charge in [0, 0.05) is 37.7 Å². The predicted octanol–water partition coefficient (Wildman–Crippen LogP) is 2.99. The number of nitriles is 1. The summed E-state index contributed by atoms with van der Waals surface area (Å²) >= 11 is 0. The number of nitrogens with one attached hydrogen (secondary N) is 2. The summed E-state index contributed by atoms with van der Waals surface area (Å²) in [4.78, 5) is 23.5. The van der Waals surface area contributed by atoms with Crippen molar-refractivity contribution in [2.45, 2.75) is 25.3 Å². The van der Waals surface area contributed by atoms with Gasteiger partial charge in [0.2, 0.25) is 11.9 Å². The van der Waals surface area contributed by atoms with Crippen LogP contribution in [0.3, 0.4) is 0 Å². The van der Waals surface area contributed by atoms with Crippen molar-refractivity contribution < 1.29 is 13.6 Å². The molecule has 1 aliphatic heterocycles. The Morgan fingerprint density at radius 2 is 1.97 bits per heavy atom. The van der Waals surface area contributed by atoms with Crippen LogP contribution in [0, 0.1) is 46.1 Å². The molecule has 0 bridgehead atoms. The standard InChI is InChI=1S/C22H22F2N6O/c23-17-7-13(8-18(24)9-17)20(1-3-25)29-21(31)14-5-15-11-30(12-16(15)6-14)22-27-4-2-19(10-26)28-22/h2-4,7-9,14-16,20,25H,1,5-6,11-12H2,(H,29,31)/t14?,15-,16+,20-/m0/s1. The van der Waals surface area contributed by atoms with Gasteiger partial charge in [-0.2, -0.15) is 5.26 Å². The number of nitrogens with zero attached hydrogens (tertiary/aromatic N) is 4. The third-order valence-electron chi connectivity index (χ3n) is 6.12. The first-order valence-corrected chi connectivity index (χ1v) is 10.2. The van der Waals surface area contributed by atoms with E-state index in [0.717, 1.165) is 25.4 Å². The van der Waals surface area contributed by atoms with E-state index < -0.39 is 17.7 Å². The maximum absolute atomic E-state index is 13.6. The Hall–Kier alpha value is -3.41. The van der Waals surface area contributed by atoms with Gasteiger partial charge in [0.25, 0.3) is 0 Å². The first-order valence-electron chi connectivity index (χ1n) is 10.2. The lowest BCUT2D eigenvalue weighted by molar-refractivity contribution is -0.125. The maximum Gasteiger partial charge on any atom is 0.226 e. The van der Waals surface area contributed by atoms with Gasteiger partial charge in [0.1, 0.15) is 23.4 Å². The van der Waals surface area contributed by atoms with Gasteiger partial charge in [-0.15, -0.1) is 0 Å². The molecule has 1 amide bonds. The minimum Gasteiger partial charge on any atom is -0.349 e. The monoisotopic (exact) mass is 424 g/mol. The van der Waals surface area contributed by atoms with Crippen molar-refractivity contribution in [2.75, 3.05) is 18.0 Å². The van der Waals surface area contributed by atoms with Gasteiger partial charge in [-0.1, -0.05) is 0 Å². The molecule has 0 radical (unpaired) electrons. The fourth-order valence-corrected chi connectivity index (χ4v) is 4.70. The molecule has 2 fully saturated rings. The first-order chi connectivity index (χ1) is 15.0. The summed E-state index contributed by atoms with van der Waals surface area (Å²) in [5.41, 5.74) is 0.638. The number of carbonyl (C=O) groups excluding carboxylic acids is 1. The van der Waals surface area contributed by atoms with Gasteiger partial charge in [-0.05, 0) is 54.7 Å². The molecule has 7 nitrogen and oxygen atoms in total. The van der Waals surface area contributed by atoms with Crippen LogP contribution in [0.1, 0.15) is 36.6 Å². The second-order valence-corrected chi connectivity index (χ2v) is 8.15. The van der Waals surface area contributed by atoms with E-state index >= 15 is 0 Å². The van der Waals surface area contributed by atoms with Crippen LogP contribution in [0.15, 0.2) is 30.5 Å². The molecule has 1 aliphatic carbocycles. The van der Waals surface area contributed by atoms with Crippen LogP contribution < -0.4 is 10.2 Å². The minimum atomic E-state index is -0.711. The number of hydrogen-bond acceptors (Lipinski definition) is 6. The lowest BCUT2D eigenvalue weighted by Gasteiger charge is -2.22. The van der Waals surface area contributed by atoms with Crippen LogP contribution in [0.5, 0.6) is 0 Å². The van der Waals surface area contributed by atoms with Crippen LogP contribution in [0.25, 0.3) is 0 Å². The molecule has 0 spiro atoms. The second kappa shape index (κ2) is 8.76. The average Bonchev–Trinajstić information content (AvgIpc) is 3.32. The van der Waals surface area contributed by atoms with Gasteiger partial charge in [0.15, 0.2) is 0 Å². The van der Waals surface area contributed by atoms with Crippen molar-refractivity contribution in [3.63, 3.8) is 0 Å². The first kappa shape index (κ1) is 20.8. The number of aromatic nitrogens is 2. The van der Waals surface area contributed by atoms with Gasteiger partial charge in [0.05, 0.1) is 6.04 Å². The van der Waals surface area contributed by atoms with E-state index in [0.29, 0.717) is 41.9 Å². The number of halogens is 2. The lowest BCUT2D eigenvalue weighted by Crippen LogP contribution is -2.34. The molecule has 9 heteroatoms. The number of benzene rings is 1. The molecule has 160 valence electrons. The second-order valence-electron chi connectivity index (χ2n) is 8.15. The van der Waals surface area contributed by atoms with Crippen LogP contribution >= 0.6 is 0 Å². The Bertz CT molecular complexity index is 1000. The summed E-state index contributed by atoms with van der Waals surface area (Å²) in [6, 6.07) is 6.10. The van der Waals surface area contributed by atoms with E-state index in [9.17, 15) is 13.6 Å². The van der Waals surface area contributed by atoms with Crippen molar-refractivity contribution in [3.8, 4) is 6.07 Å². The van der Waals surface area contributed by atoms with E-state index in [4.69, 9.17) is 10.7 Å². The SMILES string of the molecule is N#Cc1ccnc(N2C[C@H]3CC(C(=O)N[C@@H](CC=N)c4cc(F)cc(F)c4)C[C@H]3C2)n1. The van der Waals surface area contributed by atoms with Crippen molar-refractivity contribution in [1.29, 1.82) is 10.7 Å². The van der Waals surface area contributed by atoms with E-state index in [1.165, 1.54) is 12.1 Å². The number of hydrogen-bond donors (Lipinski definition) is 2. The van der Waals surface area contributed by atoms with E-state index in [-0.39, 0.29) is 18.2 Å². The summed E-state index contributed by atoms with van der Waals surface area (Å²) in [6.45, 7) is 1.45. The average molecular weight is 424 g/mol. The van der Waals surface area contributed by atoms with Crippen LogP contribution in [0.2, 0.25) is 0 Å². The topological polar surface area (TPSA) is 106 Å². The number of rotatable bonds is 6. The highest BCUT2D eigenvalue weighted by molar-refractivity contribution is 5.80. The third kappa shape index (κ3) is 4.53. The molecule has 1 saturated heterocycles. The van der Waals surface area contributed by atoms with E-state index in [1.807, 2.05) is 6.07 Å². The Labute approximate surface area is 178 Å². The summed E-state index contributed by atoms with van der Waals surface area (Å²) in [7, 11) is 0. The summed E-state index contributed by atoms with van der Waals surface area (Å²) in [6.07, 6.45) is 4.28. The summed E-state index contributed by atoms with van der Waals surface area (Å²) < 4.78 is 27.2. The smallest absolute Gasteiger partial charge is 0.226 e. The molecule has 4 rings (SSSR count). The molecular formula is C22H22F2N6O. The molecule has 2 aromatic rings. The number of anilines is 1. The fourth-order valence-electron chi connectivity index (χ4n) is 4.70. The zero-order valence-electron chi connectivity index (χ0n) is 16.8. The van der Waals surface area contributed by atoms with Gasteiger partial charge >= 0.3 is 0 Å². The zero-order valence-corrected chi connectivity index (χ0v) is 16.8. The van der Waals surface area contributed by atoms with E-state index in [1.54, 1.807) is 12.3 Å². The Balaban J connectivity index is 1.39. The molecule has 4 atom stereocenters. The Kier molecular flexibility index (Phi) is 5.89. The van der Waals surface area contributed by atoms with E-state index in [2.05, 4.69) is 20.2 Å². The Morgan fingerprint density at radius 1 is 1.29 bits per heavy atom. The number of amides is 1. The molecule has 2 N–H and O–H groups in total. The van der Waals surface area contributed by atoms with Gasteiger partial charge in [-0.25, -0.2) is 18.7 Å². The van der Waals surface area contributed by atoms with Crippen molar-refractivity contribution in [1.82, 2.24) is 15.3 Å². The maximum atomic E-state index is 13.6. The molecule has 1 aromatic carbocycles. The molecule has 1 aromatic heterocycles. The number of fused-ring (bicyclic) bond motifs is 1. The molecule has 2 heterocycles. The van der Waals surface area contributed by atoms with Crippen LogP contribution in [-0.2, 0) is 4.79 Å². The minimum absolute atomic E-state index is 0.153. The van der Waals surface area contributed by atoms with Crippen molar-refractivity contribution in [2.24, 2.45) is 17.8 Å². The highest BCUT2D eigenvalue weighted by atomic mass is 19.1. The van der Waals surface area contributed by atoms with Crippen LogP contribution in [-0.4, -0.2) is 35.2 Å². The zero-order chi connectivity index (χ0) is 22.0. The molecule has 2 aliphatic rings. The molecule has 1 saturated carbocycles. The lowest BCUT2D eigenvalue weighted by atomic mass is 10.0. The van der Waals surface area contributed by atoms with Crippen molar-refractivity contribution >= 4 is 18.1 Å².